The first-order chi connectivity index (χ1) is 9.49. The van der Waals surface area contributed by atoms with Gasteiger partial charge in [0.2, 0.25) is 0 Å². The minimum atomic E-state index is 0.382. The monoisotopic (exact) mass is 271 g/mol. The standard InChI is InChI=1S/C17H25N3/c1-12-7-6-8-16(11-12)13(2)18-10-9-17-14(3)19-20(5)15(17)4/h6-8,11,13,18H,9-10H2,1-5H3/t13-/m0/s1. The molecule has 0 radical (unpaired) electrons. The molecule has 2 aromatic rings. The lowest BCUT2D eigenvalue weighted by Crippen LogP contribution is -2.21. The average Bonchev–Trinajstić information content (AvgIpc) is 2.65. The fourth-order valence-electron chi connectivity index (χ4n) is 2.65. The van der Waals surface area contributed by atoms with Gasteiger partial charge in [0.05, 0.1) is 5.69 Å². The second-order valence-electron chi connectivity index (χ2n) is 5.61. The Morgan fingerprint density at radius 1 is 1.25 bits per heavy atom. The van der Waals surface area contributed by atoms with Crippen LogP contribution in [0.15, 0.2) is 24.3 Å². The molecule has 2 rings (SSSR count). The second-order valence-corrected chi connectivity index (χ2v) is 5.61. The van der Waals surface area contributed by atoms with Gasteiger partial charge in [-0.1, -0.05) is 29.8 Å². The predicted octanol–water partition coefficient (Wildman–Crippen LogP) is 3.24. The normalized spacial score (nSPS) is 12.7. The molecular weight excluding hydrogens is 246 g/mol. The van der Waals surface area contributed by atoms with Crippen LogP contribution in [0.3, 0.4) is 0 Å². The Labute approximate surface area is 122 Å². The van der Waals surface area contributed by atoms with E-state index in [1.54, 1.807) is 0 Å². The fraction of sp³-hybridized carbons (Fsp3) is 0.471. The number of aryl methyl sites for hydroxylation is 3. The molecular formula is C17H25N3. The van der Waals surface area contributed by atoms with Gasteiger partial charge in [0.1, 0.15) is 0 Å². The van der Waals surface area contributed by atoms with E-state index in [1.165, 1.54) is 22.4 Å². The summed E-state index contributed by atoms with van der Waals surface area (Å²) in [5, 5.41) is 8.07. The molecule has 0 aliphatic heterocycles. The molecule has 20 heavy (non-hydrogen) atoms. The van der Waals surface area contributed by atoms with Gasteiger partial charge in [-0.05, 0) is 51.8 Å². The summed E-state index contributed by atoms with van der Waals surface area (Å²) in [4.78, 5) is 0. The maximum atomic E-state index is 4.47. The van der Waals surface area contributed by atoms with Gasteiger partial charge in [-0.2, -0.15) is 5.10 Å². The van der Waals surface area contributed by atoms with E-state index in [2.05, 4.69) is 62.4 Å². The largest absolute Gasteiger partial charge is 0.310 e. The number of aromatic nitrogens is 2. The Bertz CT molecular complexity index is 584. The van der Waals surface area contributed by atoms with E-state index in [9.17, 15) is 0 Å². The quantitative estimate of drug-likeness (QED) is 0.904. The number of benzene rings is 1. The molecule has 1 atom stereocenters. The molecule has 0 fully saturated rings. The molecule has 0 bridgehead atoms. The lowest BCUT2D eigenvalue weighted by atomic mass is 10.1. The molecule has 1 N–H and O–H groups in total. The van der Waals surface area contributed by atoms with E-state index in [4.69, 9.17) is 0 Å². The Morgan fingerprint density at radius 2 is 2.00 bits per heavy atom. The lowest BCUT2D eigenvalue weighted by Gasteiger charge is -2.15. The van der Waals surface area contributed by atoms with Crippen molar-refractivity contribution in [2.24, 2.45) is 7.05 Å². The minimum Gasteiger partial charge on any atom is -0.310 e. The summed E-state index contributed by atoms with van der Waals surface area (Å²) in [5.41, 5.74) is 6.46. The van der Waals surface area contributed by atoms with Crippen LogP contribution in [-0.2, 0) is 13.5 Å². The van der Waals surface area contributed by atoms with E-state index in [-0.39, 0.29) is 0 Å². The first-order valence-electron chi connectivity index (χ1n) is 7.28. The minimum absolute atomic E-state index is 0.382. The Hall–Kier alpha value is -1.61. The second kappa shape index (κ2) is 6.23. The molecule has 0 unspecified atom stereocenters. The summed E-state index contributed by atoms with van der Waals surface area (Å²) < 4.78 is 1.97. The van der Waals surface area contributed by atoms with Gasteiger partial charge >= 0.3 is 0 Å². The average molecular weight is 271 g/mol. The van der Waals surface area contributed by atoms with Gasteiger partial charge in [-0.15, -0.1) is 0 Å². The molecule has 0 aliphatic carbocycles. The van der Waals surface area contributed by atoms with E-state index >= 15 is 0 Å². The molecule has 0 spiro atoms. The van der Waals surface area contributed by atoms with Gasteiger partial charge in [-0.3, -0.25) is 4.68 Å². The van der Waals surface area contributed by atoms with Gasteiger partial charge in [0.15, 0.2) is 0 Å². The molecule has 0 aliphatic rings. The third kappa shape index (κ3) is 3.28. The van der Waals surface area contributed by atoms with E-state index in [0.717, 1.165) is 18.7 Å². The van der Waals surface area contributed by atoms with Crippen molar-refractivity contribution in [2.45, 2.75) is 40.2 Å². The fourth-order valence-corrected chi connectivity index (χ4v) is 2.65. The number of rotatable bonds is 5. The molecule has 0 saturated heterocycles. The van der Waals surface area contributed by atoms with Crippen LogP contribution in [0, 0.1) is 20.8 Å². The highest BCUT2D eigenvalue weighted by atomic mass is 15.3. The van der Waals surface area contributed by atoms with Crippen molar-refractivity contribution in [3.8, 4) is 0 Å². The molecule has 1 heterocycles. The molecule has 1 aromatic carbocycles. The van der Waals surface area contributed by atoms with Crippen molar-refractivity contribution >= 4 is 0 Å². The van der Waals surface area contributed by atoms with Crippen LogP contribution in [-0.4, -0.2) is 16.3 Å². The van der Waals surface area contributed by atoms with Crippen LogP contribution >= 0.6 is 0 Å². The first-order valence-corrected chi connectivity index (χ1v) is 7.28. The Morgan fingerprint density at radius 3 is 2.60 bits per heavy atom. The number of hydrogen-bond acceptors (Lipinski definition) is 2. The van der Waals surface area contributed by atoms with Crippen LogP contribution in [0.5, 0.6) is 0 Å². The predicted molar refractivity (Wildman–Crippen MR) is 84.0 cm³/mol. The molecule has 3 heteroatoms. The molecule has 108 valence electrons. The summed E-state index contributed by atoms with van der Waals surface area (Å²) in [7, 11) is 2.01. The van der Waals surface area contributed by atoms with Gasteiger partial charge in [0, 0.05) is 18.8 Å². The van der Waals surface area contributed by atoms with Crippen molar-refractivity contribution in [3.63, 3.8) is 0 Å². The summed E-state index contributed by atoms with van der Waals surface area (Å²) >= 11 is 0. The highest BCUT2D eigenvalue weighted by Crippen LogP contribution is 2.15. The van der Waals surface area contributed by atoms with Gasteiger partial charge < -0.3 is 5.32 Å². The van der Waals surface area contributed by atoms with Gasteiger partial charge in [0.25, 0.3) is 0 Å². The number of nitrogens with one attached hydrogen (secondary N) is 1. The highest BCUT2D eigenvalue weighted by Gasteiger charge is 2.10. The van der Waals surface area contributed by atoms with Crippen LogP contribution in [0.25, 0.3) is 0 Å². The van der Waals surface area contributed by atoms with Crippen molar-refractivity contribution in [3.05, 3.63) is 52.3 Å². The highest BCUT2D eigenvalue weighted by molar-refractivity contribution is 5.26. The van der Waals surface area contributed by atoms with Crippen molar-refractivity contribution < 1.29 is 0 Å². The molecule has 0 amide bonds. The summed E-state index contributed by atoms with van der Waals surface area (Å²) in [5.74, 6) is 0. The number of nitrogens with zero attached hydrogens (tertiary/aromatic N) is 2. The third-order valence-electron chi connectivity index (χ3n) is 4.03. The summed E-state index contributed by atoms with van der Waals surface area (Å²) in [6.07, 6.45) is 1.03. The topological polar surface area (TPSA) is 29.9 Å². The van der Waals surface area contributed by atoms with Crippen molar-refractivity contribution in [1.82, 2.24) is 15.1 Å². The Balaban J connectivity index is 1.93. The zero-order chi connectivity index (χ0) is 14.7. The zero-order valence-electron chi connectivity index (χ0n) is 13.2. The van der Waals surface area contributed by atoms with Crippen molar-refractivity contribution in [1.29, 1.82) is 0 Å². The van der Waals surface area contributed by atoms with Crippen LogP contribution in [0.2, 0.25) is 0 Å². The smallest absolute Gasteiger partial charge is 0.0628 e. The van der Waals surface area contributed by atoms with E-state index in [0.29, 0.717) is 6.04 Å². The van der Waals surface area contributed by atoms with Crippen LogP contribution < -0.4 is 5.32 Å². The molecule has 3 nitrogen and oxygen atoms in total. The zero-order valence-corrected chi connectivity index (χ0v) is 13.2. The SMILES string of the molecule is Cc1cccc([C@H](C)NCCc2c(C)nn(C)c2C)c1. The maximum absolute atomic E-state index is 4.47. The molecule has 1 aromatic heterocycles. The van der Waals surface area contributed by atoms with E-state index < -0.39 is 0 Å². The maximum Gasteiger partial charge on any atom is 0.0628 e. The van der Waals surface area contributed by atoms with Crippen LogP contribution in [0.4, 0.5) is 0 Å². The van der Waals surface area contributed by atoms with Crippen molar-refractivity contribution in [2.75, 3.05) is 6.54 Å². The summed E-state index contributed by atoms with van der Waals surface area (Å²) in [6, 6.07) is 9.08. The van der Waals surface area contributed by atoms with E-state index in [1.807, 2.05) is 11.7 Å². The van der Waals surface area contributed by atoms with Gasteiger partial charge in [-0.25, -0.2) is 0 Å². The lowest BCUT2D eigenvalue weighted by molar-refractivity contribution is 0.575. The Kier molecular flexibility index (Phi) is 4.61. The number of hydrogen-bond donors (Lipinski definition) is 1. The van der Waals surface area contributed by atoms with Crippen LogP contribution in [0.1, 0.15) is 41.0 Å². The first kappa shape index (κ1) is 14.8. The molecule has 0 saturated carbocycles. The third-order valence-corrected chi connectivity index (χ3v) is 4.03. The summed E-state index contributed by atoms with van der Waals surface area (Å²) in [6.45, 7) is 9.56.